The van der Waals surface area contributed by atoms with Crippen LogP contribution in [0.5, 0.6) is 0 Å². The maximum atomic E-state index is 13.7. The van der Waals surface area contributed by atoms with Gasteiger partial charge in [-0.1, -0.05) is 12.1 Å². The lowest BCUT2D eigenvalue weighted by molar-refractivity contribution is -0.141. The van der Waals surface area contributed by atoms with Crippen molar-refractivity contribution in [1.82, 2.24) is 0 Å². The molecule has 110 valence electrons. The number of rotatable bonds is 7. The average Bonchev–Trinajstić information content (AvgIpc) is 2.35. The monoisotopic (exact) mass is 286 g/mol. The third-order valence-electron chi connectivity index (χ3n) is 2.78. The number of hydrogen-bond donors (Lipinski definition) is 4. The maximum Gasteiger partial charge on any atom is 0.306 e. The van der Waals surface area contributed by atoms with Gasteiger partial charge in [0.1, 0.15) is 11.9 Å². The zero-order chi connectivity index (χ0) is 15.3. The number of aliphatic carboxylic acids is 2. The fourth-order valence-electron chi connectivity index (χ4n) is 1.70. The molecule has 0 aromatic heterocycles. The summed E-state index contributed by atoms with van der Waals surface area (Å²) in [5, 5.41) is 36.2. The number of benzene rings is 1. The Hall–Kier alpha value is -1.99. The second-order valence-electron chi connectivity index (χ2n) is 4.35. The quantitative estimate of drug-likeness (QED) is 0.587. The Morgan fingerprint density at radius 3 is 2.30 bits per heavy atom. The van der Waals surface area contributed by atoms with Crippen LogP contribution in [0.3, 0.4) is 0 Å². The maximum absolute atomic E-state index is 13.7. The van der Waals surface area contributed by atoms with Gasteiger partial charge >= 0.3 is 11.9 Å². The van der Waals surface area contributed by atoms with E-state index in [0.717, 1.165) is 6.07 Å². The molecule has 0 spiro atoms. The van der Waals surface area contributed by atoms with Gasteiger partial charge in [-0.15, -0.1) is 0 Å². The molecule has 20 heavy (non-hydrogen) atoms. The summed E-state index contributed by atoms with van der Waals surface area (Å²) in [5.74, 6) is -3.04. The lowest BCUT2D eigenvalue weighted by atomic mass is 9.99. The van der Waals surface area contributed by atoms with Crippen LogP contribution in [0.15, 0.2) is 18.2 Å². The minimum absolute atomic E-state index is 0.00915. The van der Waals surface area contributed by atoms with Crippen LogP contribution in [0.4, 0.5) is 4.39 Å². The van der Waals surface area contributed by atoms with Crippen LogP contribution in [0.1, 0.15) is 30.1 Å². The van der Waals surface area contributed by atoms with Gasteiger partial charge in [0.2, 0.25) is 0 Å². The molecule has 7 heteroatoms. The van der Waals surface area contributed by atoms with Crippen molar-refractivity contribution in [3.63, 3.8) is 0 Å². The molecule has 0 saturated heterocycles. The molecule has 1 aromatic rings. The fraction of sp³-hybridized carbons (Fsp3) is 0.385. The van der Waals surface area contributed by atoms with Crippen LogP contribution in [0, 0.1) is 5.82 Å². The normalized spacial score (nSPS) is 13.8. The zero-order valence-electron chi connectivity index (χ0n) is 10.5. The highest BCUT2D eigenvalue weighted by Gasteiger charge is 2.22. The van der Waals surface area contributed by atoms with Crippen molar-refractivity contribution in [3.05, 3.63) is 35.1 Å². The molecule has 0 fully saturated rings. The first-order valence-electron chi connectivity index (χ1n) is 5.89. The Bertz CT molecular complexity index is 502. The van der Waals surface area contributed by atoms with E-state index in [1.807, 2.05) is 0 Å². The van der Waals surface area contributed by atoms with Gasteiger partial charge in [-0.2, -0.15) is 0 Å². The van der Waals surface area contributed by atoms with E-state index in [0.29, 0.717) is 0 Å². The summed E-state index contributed by atoms with van der Waals surface area (Å²) in [6.45, 7) is 0. The topological polar surface area (TPSA) is 115 Å². The first-order chi connectivity index (χ1) is 9.31. The summed E-state index contributed by atoms with van der Waals surface area (Å²) >= 11 is 0. The van der Waals surface area contributed by atoms with Gasteiger partial charge < -0.3 is 20.4 Å². The standard InChI is InChI=1S/C13H15FO6/c14-9-5-8(13(20)10(15)6-12(18)19)2-1-7(9)3-4-11(16)17/h1-2,5,10,13,15,20H,3-4,6H2,(H,16,17)(H,18,19). The number of carboxylic acid groups (broad SMARTS) is 2. The van der Waals surface area contributed by atoms with E-state index in [1.165, 1.54) is 12.1 Å². The summed E-state index contributed by atoms with van der Waals surface area (Å²) in [6.07, 6.45) is -3.94. The molecule has 0 bridgehead atoms. The van der Waals surface area contributed by atoms with E-state index < -0.39 is 36.4 Å². The Morgan fingerprint density at radius 1 is 1.15 bits per heavy atom. The zero-order valence-corrected chi connectivity index (χ0v) is 10.5. The van der Waals surface area contributed by atoms with Gasteiger partial charge in [-0.25, -0.2) is 4.39 Å². The second kappa shape index (κ2) is 6.97. The van der Waals surface area contributed by atoms with Crippen LogP contribution in [-0.4, -0.2) is 38.5 Å². The summed E-state index contributed by atoms with van der Waals surface area (Å²) in [4.78, 5) is 20.8. The molecule has 0 radical (unpaired) electrons. The first-order valence-corrected chi connectivity index (χ1v) is 5.89. The van der Waals surface area contributed by atoms with Crippen molar-refractivity contribution < 1.29 is 34.4 Å². The first kappa shape index (κ1) is 16.1. The third-order valence-corrected chi connectivity index (χ3v) is 2.78. The van der Waals surface area contributed by atoms with Crippen LogP contribution in [0.2, 0.25) is 0 Å². The van der Waals surface area contributed by atoms with E-state index in [-0.39, 0.29) is 24.0 Å². The molecular formula is C13H15FO6. The smallest absolute Gasteiger partial charge is 0.306 e. The number of halogens is 1. The molecule has 2 atom stereocenters. The lowest BCUT2D eigenvalue weighted by Crippen LogP contribution is -2.22. The molecule has 1 aromatic carbocycles. The number of carboxylic acids is 2. The molecule has 4 N–H and O–H groups in total. The molecule has 0 saturated carbocycles. The second-order valence-corrected chi connectivity index (χ2v) is 4.35. The van der Waals surface area contributed by atoms with Gasteiger partial charge in [0.05, 0.1) is 12.5 Å². The Morgan fingerprint density at radius 2 is 1.80 bits per heavy atom. The molecule has 2 unspecified atom stereocenters. The lowest BCUT2D eigenvalue weighted by Gasteiger charge is -2.17. The van der Waals surface area contributed by atoms with Gasteiger partial charge in [0, 0.05) is 6.42 Å². The van der Waals surface area contributed by atoms with E-state index in [1.54, 1.807) is 0 Å². The van der Waals surface area contributed by atoms with Gasteiger partial charge in [-0.3, -0.25) is 9.59 Å². The molecule has 6 nitrogen and oxygen atoms in total. The molecule has 0 amide bonds. The third kappa shape index (κ3) is 4.60. The van der Waals surface area contributed by atoms with Crippen molar-refractivity contribution in [2.45, 2.75) is 31.5 Å². The van der Waals surface area contributed by atoms with E-state index >= 15 is 0 Å². The summed E-state index contributed by atoms with van der Waals surface area (Å²) in [7, 11) is 0. The summed E-state index contributed by atoms with van der Waals surface area (Å²) < 4.78 is 13.7. The molecule has 0 aliphatic rings. The van der Waals surface area contributed by atoms with Crippen LogP contribution >= 0.6 is 0 Å². The molecule has 1 rings (SSSR count). The van der Waals surface area contributed by atoms with Crippen molar-refractivity contribution in [2.24, 2.45) is 0 Å². The number of carbonyl (C=O) groups is 2. The number of aliphatic hydroxyl groups excluding tert-OH is 2. The summed E-state index contributed by atoms with van der Waals surface area (Å²) in [5.41, 5.74) is 0.214. The predicted octanol–water partition coefficient (Wildman–Crippen LogP) is 0.712. The summed E-state index contributed by atoms with van der Waals surface area (Å²) in [6, 6.07) is 3.60. The van der Waals surface area contributed by atoms with Crippen LogP contribution < -0.4 is 0 Å². The predicted molar refractivity (Wildman–Crippen MR) is 65.6 cm³/mol. The average molecular weight is 286 g/mol. The number of aliphatic hydroxyl groups is 2. The van der Waals surface area contributed by atoms with E-state index in [2.05, 4.69) is 0 Å². The molecular weight excluding hydrogens is 271 g/mol. The highest BCUT2D eigenvalue weighted by molar-refractivity contribution is 5.67. The van der Waals surface area contributed by atoms with Crippen LogP contribution in [0.25, 0.3) is 0 Å². The number of hydrogen-bond acceptors (Lipinski definition) is 4. The van der Waals surface area contributed by atoms with Gasteiger partial charge in [0.25, 0.3) is 0 Å². The van der Waals surface area contributed by atoms with Gasteiger partial charge in [-0.05, 0) is 23.6 Å². The minimum Gasteiger partial charge on any atom is -0.481 e. The van der Waals surface area contributed by atoms with Crippen molar-refractivity contribution >= 4 is 11.9 Å². The molecule has 0 heterocycles. The van der Waals surface area contributed by atoms with Crippen LogP contribution in [-0.2, 0) is 16.0 Å². The number of aryl methyl sites for hydroxylation is 1. The Labute approximate surface area is 114 Å². The SMILES string of the molecule is O=C(O)CCc1ccc(C(O)C(O)CC(=O)O)cc1F. The van der Waals surface area contributed by atoms with Crippen molar-refractivity contribution in [1.29, 1.82) is 0 Å². The Balaban J connectivity index is 2.80. The Kier molecular flexibility index (Phi) is 5.60. The minimum atomic E-state index is -1.54. The van der Waals surface area contributed by atoms with E-state index in [9.17, 15) is 24.2 Å². The molecule has 0 aliphatic carbocycles. The largest absolute Gasteiger partial charge is 0.481 e. The van der Waals surface area contributed by atoms with Gasteiger partial charge in [0.15, 0.2) is 0 Å². The van der Waals surface area contributed by atoms with Crippen molar-refractivity contribution in [2.75, 3.05) is 0 Å². The fourth-order valence-corrected chi connectivity index (χ4v) is 1.70. The van der Waals surface area contributed by atoms with Crippen molar-refractivity contribution in [3.8, 4) is 0 Å². The highest BCUT2D eigenvalue weighted by atomic mass is 19.1. The molecule has 0 aliphatic heterocycles. The van der Waals surface area contributed by atoms with E-state index in [4.69, 9.17) is 10.2 Å². The highest BCUT2D eigenvalue weighted by Crippen LogP contribution is 2.22.